The first-order valence-electron chi connectivity index (χ1n) is 6.49. The fraction of sp³-hybridized carbons (Fsp3) is 0.0667. The first kappa shape index (κ1) is 17.7. The van der Waals surface area contributed by atoms with E-state index in [2.05, 4.69) is 5.32 Å². The van der Waals surface area contributed by atoms with Gasteiger partial charge in [-0.2, -0.15) is 0 Å². The third kappa shape index (κ3) is 3.64. The highest BCUT2D eigenvalue weighted by Gasteiger charge is 2.18. The fourth-order valence-electron chi connectivity index (χ4n) is 1.95. The smallest absolute Gasteiger partial charge is 0.337 e. The summed E-state index contributed by atoms with van der Waals surface area (Å²) in [5, 5.41) is 22.4. The average molecular weight is 369 g/mol. The third-order valence-corrected chi connectivity index (χ3v) is 3.83. The van der Waals surface area contributed by atoms with Crippen LogP contribution in [0.15, 0.2) is 30.3 Å². The van der Waals surface area contributed by atoms with E-state index >= 15 is 0 Å². The van der Waals surface area contributed by atoms with Gasteiger partial charge in [0.15, 0.2) is 0 Å². The van der Waals surface area contributed by atoms with Crippen molar-refractivity contribution in [1.82, 2.24) is 0 Å². The molecule has 0 radical (unpaired) electrons. The zero-order valence-electron chi connectivity index (χ0n) is 12.2. The van der Waals surface area contributed by atoms with Crippen molar-refractivity contribution < 1.29 is 19.6 Å². The van der Waals surface area contributed by atoms with E-state index in [-0.39, 0.29) is 32.5 Å². The first-order chi connectivity index (χ1) is 11.2. The summed E-state index contributed by atoms with van der Waals surface area (Å²) in [6, 6.07) is 6.30. The number of hydrogen-bond donors (Lipinski definition) is 2. The Morgan fingerprint density at radius 1 is 1.17 bits per heavy atom. The van der Waals surface area contributed by atoms with E-state index in [1.807, 2.05) is 0 Å². The summed E-state index contributed by atoms with van der Waals surface area (Å²) in [6.07, 6.45) is 0. The molecule has 2 N–H and O–H groups in total. The van der Waals surface area contributed by atoms with Crippen LogP contribution in [0.25, 0.3) is 0 Å². The first-order valence-corrected chi connectivity index (χ1v) is 7.25. The highest BCUT2D eigenvalue weighted by Crippen LogP contribution is 2.30. The Morgan fingerprint density at radius 3 is 2.42 bits per heavy atom. The molecule has 2 aromatic rings. The number of aryl methyl sites for hydroxylation is 1. The summed E-state index contributed by atoms with van der Waals surface area (Å²) < 4.78 is 0. The number of nitrogens with one attached hydrogen (secondary N) is 1. The lowest BCUT2D eigenvalue weighted by Crippen LogP contribution is -2.13. The number of halogens is 2. The van der Waals surface area contributed by atoms with Gasteiger partial charge >= 0.3 is 5.97 Å². The molecule has 0 spiro atoms. The van der Waals surface area contributed by atoms with Crippen molar-refractivity contribution in [2.75, 3.05) is 5.32 Å². The van der Waals surface area contributed by atoms with Crippen molar-refractivity contribution in [3.8, 4) is 0 Å². The molecule has 0 atom stereocenters. The van der Waals surface area contributed by atoms with Crippen molar-refractivity contribution in [2.24, 2.45) is 0 Å². The molecule has 2 rings (SSSR count). The number of hydrogen-bond acceptors (Lipinski definition) is 4. The second kappa shape index (κ2) is 6.86. The maximum Gasteiger partial charge on any atom is 0.337 e. The fourth-order valence-corrected chi connectivity index (χ4v) is 2.46. The lowest BCUT2D eigenvalue weighted by atomic mass is 10.1. The Morgan fingerprint density at radius 2 is 1.83 bits per heavy atom. The van der Waals surface area contributed by atoms with Crippen molar-refractivity contribution in [3.63, 3.8) is 0 Å². The van der Waals surface area contributed by atoms with E-state index in [1.165, 1.54) is 18.2 Å². The standard InChI is InChI=1S/C15H10Cl2N2O5/c1-7-2-3-8(4-13(7)19(23)24)14(20)18-12-5-9(15(21)22)10(16)6-11(12)17/h2-6H,1H3,(H,18,20)(H,21,22). The minimum Gasteiger partial charge on any atom is -0.478 e. The van der Waals surface area contributed by atoms with Gasteiger partial charge in [-0.1, -0.05) is 29.3 Å². The van der Waals surface area contributed by atoms with Gasteiger partial charge in [-0.3, -0.25) is 14.9 Å². The SMILES string of the molecule is Cc1ccc(C(=O)Nc2cc(C(=O)O)c(Cl)cc2Cl)cc1[N+](=O)[O-]. The Hall–Kier alpha value is -2.64. The summed E-state index contributed by atoms with van der Waals surface area (Å²) in [5.74, 6) is -1.95. The van der Waals surface area contributed by atoms with Crippen LogP contribution < -0.4 is 5.32 Å². The number of rotatable bonds is 4. The average Bonchev–Trinajstić information content (AvgIpc) is 2.49. The van der Waals surface area contributed by atoms with Gasteiger partial charge in [-0.25, -0.2) is 4.79 Å². The normalized spacial score (nSPS) is 10.3. The minimum atomic E-state index is -1.28. The van der Waals surface area contributed by atoms with Crippen molar-refractivity contribution in [3.05, 3.63) is 67.2 Å². The van der Waals surface area contributed by atoms with E-state index in [1.54, 1.807) is 6.92 Å². The Kier molecular flexibility index (Phi) is 5.06. The van der Waals surface area contributed by atoms with Crippen LogP contribution >= 0.6 is 23.2 Å². The molecule has 0 heterocycles. The topological polar surface area (TPSA) is 110 Å². The molecule has 0 unspecified atom stereocenters. The number of nitro groups is 1. The molecule has 0 aromatic heterocycles. The van der Waals surface area contributed by atoms with E-state index in [0.29, 0.717) is 5.56 Å². The molecule has 124 valence electrons. The zero-order chi connectivity index (χ0) is 18.0. The van der Waals surface area contributed by atoms with Crippen LogP contribution in [0.4, 0.5) is 11.4 Å². The van der Waals surface area contributed by atoms with Gasteiger partial charge in [0.05, 0.1) is 26.2 Å². The van der Waals surface area contributed by atoms with Gasteiger partial charge in [0.1, 0.15) is 0 Å². The second-order valence-electron chi connectivity index (χ2n) is 4.83. The molecule has 7 nitrogen and oxygen atoms in total. The maximum absolute atomic E-state index is 12.2. The molecular weight excluding hydrogens is 359 g/mol. The van der Waals surface area contributed by atoms with Crippen molar-refractivity contribution >= 4 is 46.5 Å². The molecular formula is C15H10Cl2N2O5. The summed E-state index contributed by atoms with van der Waals surface area (Å²) >= 11 is 11.7. The Labute approximate surface area is 146 Å². The van der Waals surface area contributed by atoms with Gasteiger partial charge < -0.3 is 10.4 Å². The van der Waals surface area contributed by atoms with E-state index in [9.17, 15) is 19.7 Å². The molecule has 0 saturated carbocycles. The number of nitro benzene ring substituents is 1. The number of aromatic carboxylic acids is 1. The number of benzene rings is 2. The van der Waals surface area contributed by atoms with Crippen LogP contribution in [0.1, 0.15) is 26.3 Å². The molecule has 9 heteroatoms. The highest BCUT2D eigenvalue weighted by atomic mass is 35.5. The summed E-state index contributed by atoms with van der Waals surface area (Å²) in [4.78, 5) is 33.7. The Balaban J connectivity index is 2.37. The van der Waals surface area contributed by atoms with Crippen LogP contribution in [0.2, 0.25) is 10.0 Å². The number of nitrogens with zero attached hydrogens (tertiary/aromatic N) is 1. The molecule has 24 heavy (non-hydrogen) atoms. The molecule has 0 aliphatic heterocycles. The molecule has 0 fully saturated rings. The summed E-state index contributed by atoms with van der Waals surface area (Å²) in [6.45, 7) is 1.55. The number of carboxylic acids is 1. The summed E-state index contributed by atoms with van der Waals surface area (Å²) in [7, 11) is 0. The lowest BCUT2D eigenvalue weighted by molar-refractivity contribution is -0.385. The molecule has 0 bridgehead atoms. The monoisotopic (exact) mass is 368 g/mol. The molecule has 0 aliphatic rings. The summed E-state index contributed by atoms with van der Waals surface area (Å²) in [5.41, 5.74) is 0.0541. The molecule has 2 aromatic carbocycles. The van der Waals surface area contributed by atoms with E-state index in [4.69, 9.17) is 28.3 Å². The van der Waals surface area contributed by atoms with Crippen LogP contribution in [-0.4, -0.2) is 21.9 Å². The van der Waals surface area contributed by atoms with Crippen LogP contribution in [-0.2, 0) is 0 Å². The van der Waals surface area contributed by atoms with Crippen LogP contribution in [0.3, 0.4) is 0 Å². The van der Waals surface area contributed by atoms with Crippen LogP contribution in [0.5, 0.6) is 0 Å². The van der Waals surface area contributed by atoms with Gasteiger partial charge in [0, 0.05) is 17.2 Å². The largest absolute Gasteiger partial charge is 0.478 e. The van der Waals surface area contributed by atoms with Gasteiger partial charge in [0.25, 0.3) is 11.6 Å². The lowest BCUT2D eigenvalue weighted by Gasteiger charge is -2.10. The van der Waals surface area contributed by atoms with Gasteiger partial charge in [-0.05, 0) is 25.1 Å². The minimum absolute atomic E-state index is 0.0340. The van der Waals surface area contributed by atoms with E-state index < -0.39 is 16.8 Å². The van der Waals surface area contributed by atoms with Crippen LogP contribution in [0, 0.1) is 17.0 Å². The quantitative estimate of drug-likeness (QED) is 0.621. The number of anilines is 1. The van der Waals surface area contributed by atoms with Gasteiger partial charge in [-0.15, -0.1) is 0 Å². The number of carboxylic acid groups (broad SMARTS) is 1. The van der Waals surface area contributed by atoms with E-state index in [0.717, 1.165) is 12.1 Å². The molecule has 0 saturated heterocycles. The van der Waals surface area contributed by atoms with Crippen molar-refractivity contribution in [2.45, 2.75) is 6.92 Å². The van der Waals surface area contributed by atoms with Crippen molar-refractivity contribution in [1.29, 1.82) is 0 Å². The predicted molar refractivity (Wildman–Crippen MR) is 89.2 cm³/mol. The number of amides is 1. The second-order valence-corrected chi connectivity index (χ2v) is 5.64. The zero-order valence-corrected chi connectivity index (χ0v) is 13.7. The Bertz CT molecular complexity index is 867. The number of carbonyl (C=O) groups excluding carboxylic acids is 1. The maximum atomic E-state index is 12.2. The van der Waals surface area contributed by atoms with Gasteiger partial charge in [0.2, 0.25) is 0 Å². The molecule has 0 aliphatic carbocycles. The predicted octanol–water partition coefficient (Wildman–Crippen LogP) is 4.16. The number of carbonyl (C=O) groups is 2. The molecule has 1 amide bonds. The third-order valence-electron chi connectivity index (χ3n) is 3.20. The highest BCUT2D eigenvalue weighted by molar-refractivity contribution is 6.38.